The van der Waals surface area contributed by atoms with Crippen LogP contribution in [0.5, 0.6) is 11.5 Å². The Morgan fingerprint density at radius 1 is 0.912 bits per heavy atom. The first kappa shape index (κ1) is 23.1. The Balaban J connectivity index is 1.67. The Morgan fingerprint density at radius 3 is 2.44 bits per heavy atom. The van der Waals surface area contributed by atoms with Crippen LogP contribution >= 0.6 is 15.9 Å². The van der Waals surface area contributed by atoms with Gasteiger partial charge in [0.15, 0.2) is 11.5 Å². The first-order valence-corrected chi connectivity index (χ1v) is 11.6. The van der Waals surface area contributed by atoms with E-state index in [1.807, 2.05) is 85.8 Å². The summed E-state index contributed by atoms with van der Waals surface area (Å²) in [5.74, 6) is 1.12. The highest BCUT2D eigenvalue weighted by Gasteiger charge is 2.14. The van der Waals surface area contributed by atoms with Gasteiger partial charge in [0.05, 0.1) is 34.4 Å². The number of hydrogen-bond donors (Lipinski definition) is 0. The SMILES string of the molecule is CCOc1cc(/C=C(/C#N)c2ccc3ccccc3c2)cc(Br)c1OCc1ccccc1C#N. The van der Waals surface area contributed by atoms with Crippen LogP contribution in [-0.4, -0.2) is 6.61 Å². The van der Waals surface area contributed by atoms with Gasteiger partial charge in [-0.15, -0.1) is 0 Å². The fraction of sp³-hybridized carbons (Fsp3) is 0.103. The Kier molecular flexibility index (Phi) is 7.28. The van der Waals surface area contributed by atoms with Crippen LogP contribution in [0.15, 0.2) is 83.3 Å². The summed E-state index contributed by atoms with van der Waals surface area (Å²) < 4.78 is 12.6. The van der Waals surface area contributed by atoms with Crippen molar-refractivity contribution in [2.45, 2.75) is 13.5 Å². The second-order valence-electron chi connectivity index (χ2n) is 7.55. The summed E-state index contributed by atoms with van der Waals surface area (Å²) in [4.78, 5) is 0. The summed E-state index contributed by atoms with van der Waals surface area (Å²) in [6, 6.07) is 29.7. The van der Waals surface area contributed by atoms with Gasteiger partial charge in [-0.05, 0) is 75.1 Å². The number of nitrogens with zero attached hydrogens (tertiary/aromatic N) is 2. The number of halogens is 1. The van der Waals surface area contributed by atoms with E-state index in [4.69, 9.17) is 9.47 Å². The zero-order valence-electron chi connectivity index (χ0n) is 18.6. The van der Waals surface area contributed by atoms with Gasteiger partial charge in [-0.3, -0.25) is 0 Å². The minimum atomic E-state index is 0.234. The number of hydrogen-bond acceptors (Lipinski definition) is 4. The fourth-order valence-corrected chi connectivity index (χ4v) is 4.26. The van der Waals surface area contributed by atoms with Gasteiger partial charge < -0.3 is 9.47 Å². The van der Waals surface area contributed by atoms with E-state index in [-0.39, 0.29) is 6.61 Å². The van der Waals surface area contributed by atoms with E-state index in [0.29, 0.717) is 33.7 Å². The molecule has 4 rings (SSSR count). The number of benzene rings is 4. The molecular weight excluding hydrogens is 488 g/mol. The van der Waals surface area contributed by atoms with Gasteiger partial charge in [0.25, 0.3) is 0 Å². The fourth-order valence-electron chi connectivity index (χ4n) is 3.68. The minimum Gasteiger partial charge on any atom is -0.490 e. The zero-order valence-corrected chi connectivity index (χ0v) is 20.2. The summed E-state index contributed by atoms with van der Waals surface area (Å²) >= 11 is 3.60. The molecule has 0 atom stereocenters. The van der Waals surface area contributed by atoms with Crippen LogP contribution in [-0.2, 0) is 6.61 Å². The molecule has 0 aliphatic rings. The lowest BCUT2D eigenvalue weighted by Gasteiger charge is -2.15. The first-order chi connectivity index (χ1) is 16.6. The molecule has 0 radical (unpaired) electrons. The predicted octanol–water partition coefficient (Wildman–Crippen LogP) is 7.52. The lowest BCUT2D eigenvalue weighted by molar-refractivity contribution is 0.267. The maximum atomic E-state index is 9.86. The van der Waals surface area contributed by atoms with Crippen LogP contribution in [0.2, 0.25) is 0 Å². The largest absolute Gasteiger partial charge is 0.490 e. The molecule has 166 valence electrons. The monoisotopic (exact) mass is 508 g/mol. The van der Waals surface area contributed by atoms with Gasteiger partial charge in [0.1, 0.15) is 6.61 Å². The molecule has 34 heavy (non-hydrogen) atoms. The predicted molar refractivity (Wildman–Crippen MR) is 138 cm³/mol. The van der Waals surface area contributed by atoms with E-state index in [1.165, 1.54) is 0 Å². The maximum Gasteiger partial charge on any atom is 0.175 e. The van der Waals surface area contributed by atoms with Crippen LogP contribution in [0.4, 0.5) is 0 Å². The van der Waals surface area contributed by atoms with Crippen molar-refractivity contribution in [3.8, 4) is 23.6 Å². The molecule has 0 bridgehead atoms. The van der Waals surface area contributed by atoms with Crippen molar-refractivity contribution in [1.29, 1.82) is 10.5 Å². The van der Waals surface area contributed by atoms with Crippen LogP contribution in [0.1, 0.15) is 29.2 Å². The number of fused-ring (bicyclic) bond motifs is 1. The molecule has 0 amide bonds. The summed E-state index contributed by atoms with van der Waals surface area (Å²) in [6.07, 6.45) is 1.84. The van der Waals surface area contributed by atoms with Crippen molar-refractivity contribution in [3.05, 3.63) is 106 Å². The number of rotatable bonds is 7. The smallest absolute Gasteiger partial charge is 0.175 e. The van der Waals surface area contributed by atoms with Crippen molar-refractivity contribution in [2.75, 3.05) is 6.61 Å². The Labute approximate surface area is 207 Å². The molecule has 5 heteroatoms. The van der Waals surface area contributed by atoms with Crippen molar-refractivity contribution in [3.63, 3.8) is 0 Å². The lowest BCUT2D eigenvalue weighted by Crippen LogP contribution is -2.02. The second kappa shape index (κ2) is 10.7. The minimum absolute atomic E-state index is 0.234. The number of nitriles is 2. The van der Waals surface area contributed by atoms with E-state index < -0.39 is 0 Å². The molecule has 4 aromatic carbocycles. The van der Waals surface area contributed by atoms with E-state index in [9.17, 15) is 10.5 Å². The Bertz CT molecular complexity index is 1460. The van der Waals surface area contributed by atoms with Crippen molar-refractivity contribution in [1.82, 2.24) is 0 Å². The Morgan fingerprint density at radius 2 is 1.68 bits per heavy atom. The molecule has 0 heterocycles. The highest BCUT2D eigenvalue weighted by molar-refractivity contribution is 9.10. The molecule has 0 aliphatic heterocycles. The van der Waals surface area contributed by atoms with E-state index in [0.717, 1.165) is 27.5 Å². The van der Waals surface area contributed by atoms with E-state index in [1.54, 1.807) is 6.07 Å². The topological polar surface area (TPSA) is 66.0 Å². The lowest BCUT2D eigenvalue weighted by atomic mass is 10.00. The van der Waals surface area contributed by atoms with E-state index >= 15 is 0 Å². The zero-order chi connectivity index (χ0) is 23.9. The van der Waals surface area contributed by atoms with Crippen LogP contribution in [0.3, 0.4) is 0 Å². The highest BCUT2D eigenvalue weighted by atomic mass is 79.9. The normalized spacial score (nSPS) is 11.0. The van der Waals surface area contributed by atoms with Crippen molar-refractivity contribution < 1.29 is 9.47 Å². The van der Waals surface area contributed by atoms with Gasteiger partial charge >= 0.3 is 0 Å². The summed E-state index contributed by atoms with van der Waals surface area (Å²) in [7, 11) is 0. The second-order valence-corrected chi connectivity index (χ2v) is 8.41. The molecule has 0 N–H and O–H groups in total. The van der Waals surface area contributed by atoms with Crippen molar-refractivity contribution in [2.24, 2.45) is 0 Å². The van der Waals surface area contributed by atoms with Gasteiger partial charge in [-0.25, -0.2) is 0 Å². The van der Waals surface area contributed by atoms with Crippen molar-refractivity contribution >= 4 is 38.4 Å². The molecule has 0 spiro atoms. The van der Waals surface area contributed by atoms with Gasteiger partial charge in [-0.1, -0.05) is 54.6 Å². The molecule has 4 nitrogen and oxygen atoms in total. The molecule has 0 saturated heterocycles. The summed E-state index contributed by atoms with van der Waals surface area (Å²) in [6.45, 7) is 2.60. The highest BCUT2D eigenvalue weighted by Crippen LogP contribution is 2.38. The molecule has 0 fully saturated rings. The Hall–Kier alpha value is -4.06. The third kappa shape index (κ3) is 5.12. The summed E-state index contributed by atoms with van der Waals surface area (Å²) in [5, 5.41) is 21.4. The molecule has 0 saturated carbocycles. The van der Waals surface area contributed by atoms with Gasteiger partial charge in [0.2, 0.25) is 0 Å². The molecule has 0 unspecified atom stereocenters. The average Bonchev–Trinajstić information content (AvgIpc) is 2.87. The molecule has 0 aromatic heterocycles. The third-order valence-corrected chi connectivity index (χ3v) is 5.92. The number of ether oxygens (including phenoxy) is 2. The number of allylic oxidation sites excluding steroid dienone is 1. The maximum absolute atomic E-state index is 9.86. The van der Waals surface area contributed by atoms with Gasteiger partial charge in [0, 0.05) is 5.56 Å². The van der Waals surface area contributed by atoms with E-state index in [2.05, 4.69) is 28.1 Å². The average molecular weight is 509 g/mol. The molecule has 4 aromatic rings. The van der Waals surface area contributed by atoms with Crippen LogP contribution in [0.25, 0.3) is 22.4 Å². The van der Waals surface area contributed by atoms with Gasteiger partial charge in [-0.2, -0.15) is 10.5 Å². The quantitative estimate of drug-likeness (QED) is 0.191. The third-order valence-electron chi connectivity index (χ3n) is 5.33. The molecule has 0 aliphatic carbocycles. The van der Waals surface area contributed by atoms with Crippen LogP contribution in [0, 0.1) is 22.7 Å². The van der Waals surface area contributed by atoms with Crippen LogP contribution < -0.4 is 9.47 Å². The summed E-state index contributed by atoms with van der Waals surface area (Å²) in [5.41, 5.74) is 3.59. The first-order valence-electron chi connectivity index (χ1n) is 10.8. The molecular formula is C29H21BrN2O2. The standard InChI is InChI=1S/C29H21BrN2O2/c1-2-33-28-15-20(13-26(18-32)23-12-11-21-7-3-4-8-22(21)16-23)14-27(30)29(28)34-19-25-10-6-5-9-24(25)17-31/h3-16H,2,19H2,1H3/b26-13-.